The second-order valence-corrected chi connectivity index (χ2v) is 3.22. The summed E-state index contributed by atoms with van der Waals surface area (Å²) in [5.41, 5.74) is 5.74. The van der Waals surface area contributed by atoms with E-state index in [1.165, 1.54) is 22.2 Å². The molecular weight excluding hydrogens is 131 g/mol. The minimum absolute atomic E-state index is 1.15. The van der Waals surface area contributed by atoms with Gasteiger partial charge in [-0.25, -0.2) is 0 Å². The van der Waals surface area contributed by atoms with E-state index in [1.807, 2.05) is 0 Å². The summed E-state index contributed by atoms with van der Waals surface area (Å²) in [7, 11) is 1.15. The number of benzene rings is 1. The average molecular weight is 146 g/mol. The maximum atomic E-state index is 2.28. The molecule has 0 nitrogen and oxygen atoms in total. The highest BCUT2D eigenvalue weighted by atomic mass is 14.0. The standard InChI is InChI=1S/C10H15B/c1-7-5-8(2)9(3)10(6-7)11-4/h5-6,11H,1-4H3. The molecule has 1 rings (SSSR count). The van der Waals surface area contributed by atoms with E-state index >= 15 is 0 Å². The zero-order valence-corrected chi connectivity index (χ0v) is 7.86. The van der Waals surface area contributed by atoms with Crippen molar-refractivity contribution in [3.8, 4) is 0 Å². The Bertz CT molecular complexity index is 264. The fraction of sp³-hybridized carbons (Fsp3) is 0.400. The first-order chi connectivity index (χ1) is 5.15. The van der Waals surface area contributed by atoms with Crippen LogP contribution in [0.2, 0.25) is 6.82 Å². The van der Waals surface area contributed by atoms with Crippen molar-refractivity contribution >= 4 is 12.7 Å². The molecular formula is C10H15B. The van der Waals surface area contributed by atoms with E-state index < -0.39 is 0 Å². The van der Waals surface area contributed by atoms with Crippen LogP contribution in [-0.4, -0.2) is 7.28 Å². The minimum atomic E-state index is 1.15. The Hall–Kier alpha value is -0.715. The second-order valence-electron chi connectivity index (χ2n) is 3.22. The Morgan fingerprint density at radius 3 is 2.27 bits per heavy atom. The molecule has 0 fully saturated rings. The third-order valence-electron chi connectivity index (χ3n) is 2.30. The molecule has 0 bridgehead atoms. The zero-order chi connectivity index (χ0) is 8.43. The van der Waals surface area contributed by atoms with E-state index in [0.29, 0.717) is 0 Å². The monoisotopic (exact) mass is 146 g/mol. The molecule has 0 aliphatic rings. The summed E-state index contributed by atoms with van der Waals surface area (Å²) in [4.78, 5) is 0. The lowest BCUT2D eigenvalue weighted by Gasteiger charge is -2.07. The van der Waals surface area contributed by atoms with Crippen molar-refractivity contribution in [2.45, 2.75) is 27.6 Å². The van der Waals surface area contributed by atoms with Crippen molar-refractivity contribution < 1.29 is 0 Å². The molecule has 0 saturated heterocycles. The van der Waals surface area contributed by atoms with Crippen LogP contribution in [0.15, 0.2) is 12.1 Å². The fourth-order valence-corrected chi connectivity index (χ4v) is 1.49. The lowest BCUT2D eigenvalue weighted by atomic mass is 9.70. The molecule has 1 aromatic carbocycles. The van der Waals surface area contributed by atoms with Gasteiger partial charge >= 0.3 is 0 Å². The molecule has 0 radical (unpaired) electrons. The van der Waals surface area contributed by atoms with Gasteiger partial charge in [-0.1, -0.05) is 35.5 Å². The molecule has 0 aliphatic heterocycles. The largest absolute Gasteiger partial charge is 0.154 e. The Balaban J connectivity index is 3.24. The highest BCUT2D eigenvalue weighted by molar-refractivity contribution is 6.52. The van der Waals surface area contributed by atoms with Crippen molar-refractivity contribution in [2.75, 3.05) is 0 Å². The Kier molecular flexibility index (Phi) is 2.38. The van der Waals surface area contributed by atoms with Crippen molar-refractivity contribution in [1.82, 2.24) is 0 Å². The third-order valence-corrected chi connectivity index (χ3v) is 2.30. The molecule has 0 aromatic heterocycles. The second kappa shape index (κ2) is 3.12. The molecule has 0 amide bonds. The van der Waals surface area contributed by atoms with Gasteiger partial charge in [0.25, 0.3) is 0 Å². The van der Waals surface area contributed by atoms with Crippen LogP contribution in [0.3, 0.4) is 0 Å². The quantitative estimate of drug-likeness (QED) is 0.529. The molecule has 1 heteroatoms. The summed E-state index contributed by atoms with van der Waals surface area (Å²) in [5.74, 6) is 0. The van der Waals surface area contributed by atoms with E-state index in [-0.39, 0.29) is 0 Å². The molecule has 0 N–H and O–H groups in total. The number of hydrogen-bond acceptors (Lipinski definition) is 0. The average Bonchev–Trinajstić information content (AvgIpc) is 1.96. The summed E-state index contributed by atoms with van der Waals surface area (Å²) >= 11 is 0. The van der Waals surface area contributed by atoms with Gasteiger partial charge in [-0.2, -0.15) is 0 Å². The Morgan fingerprint density at radius 2 is 1.73 bits per heavy atom. The van der Waals surface area contributed by atoms with Crippen molar-refractivity contribution in [3.63, 3.8) is 0 Å². The molecule has 1 aromatic rings. The van der Waals surface area contributed by atoms with Gasteiger partial charge in [0.2, 0.25) is 0 Å². The van der Waals surface area contributed by atoms with Gasteiger partial charge in [0.1, 0.15) is 0 Å². The minimum Gasteiger partial charge on any atom is -0.0849 e. The number of rotatable bonds is 1. The maximum Gasteiger partial charge on any atom is 0.154 e. The lowest BCUT2D eigenvalue weighted by molar-refractivity contribution is 1.32. The van der Waals surface area contributed by atoms with Crippen molar-refractivity contribution in [2.24, 2.45) is 0 Å². The first kappa shape index (κ1) is 8.38. The van der Waals surface area contributed by atoms with Gasteiger partial charge in [-0.3, -0.25) is 0 Å². The molecule has 11 heavy (non-hydrogen) atoms. The molecule has 0 unspecified atom stereocenters. The van der Waals surface area contributed by atoms with Crippen LogP contribution >= 0.6 is 0 Å². The number of hydrogen-bond donors (Lipinski definition) is 0. The normalized spacial score (nSPS) is 9.82. The Morgan fingerprint density at radius 1 is 1.09 bits per heavy atom. The third kappa shape index (κ3) is 1.65. The molecule has 0 heterocycles. The van der Waals surface area contributed by atoms with E-state index in [2.05, 4.69) is 39.7 Å². The highest BCUT2D eigenvalue weighted by Crippen LogP contribution is 2.06. The topological polar surface area (TPSA) is 0 Å². The molecule has 0 spiro atoms. The predicted octanol–water partition coefficient (Wildman–Crippen LogP) is 1.72. The van der Waals surface area contributed by atoms with Crippen LogP contribution in [0.1, 0.15) is 16.7 Å². The first-order valence-corrected chi connectivity index (χ1v) is 4.22. The molecule has 0 aliphatic carbocycles. The summed E-state index contributed by atoms with van der Waals surface area (Å²) in [5, 5.41) is 0. The van der Waals surface area contributed by atoms with Crippen LogP contribution < -0.4 is 5.46 Å². The van der Waals surface area contributed by atoms with Crippen LogP contribution in [-0.2, 0) is 0 Å². The van der Waals surface area contributed by atoms with Gasteiger partial charge in [0, 0.05) is 0 Å². The van der Waals surface area contributed by atoms with Crippen molar-refractivity contribution in [3.05, 3.63) is 28.8 Å². The van der Waals surface area contributed by atoms with E-state index in [0.717, 1.165) is 7.28 Å². The first-order valence-electron chi connectivity index (χ1n) is 4.22. The van der Waals surface area contributed by atoms with Crippen LogP contribution in [0.4, 0.5) is 0 Å². The maximum absolute atomic E-state index is 2.28. The van der Waals surface area contributed by atoms with Crippen LogP contribution in [0.25, 0.3) is 0 Å². The summed E-state index contributed by atoms with van der Waals surface area (Å²) in [6.45, 7) is 8.75. The zero-order valence-electron chi connectivity index (χ0n) is 7.86. The Labute approximate surface area is 69.9 Å². The van der Waals surface area contributed by atoms with Crippen molar-refractivity contribution in [1.29, 1.82) is 0 Å². The lowest BCUT2D eigenvalue weighted by Crippen LogP contribution is -2.16. The van der Waals surface area contributed by atoms with E-state index in [1.54, 1.807) is 0 Å². The predicted molar refractivity (Wildman–Crippen MR) is 53.3 cm³/mol. The van der Waals surface area contributed by atoms with Crippen LogP contribution in [0, 0.1) is 20.8 Å². The van der Waals surface area contributed by atoms with Gasteiger partial charge in [-0.05, 0) is 26.3 Å². The molecule has 0 atom stereocenters. The van der Waals surface area contributed by atoms with E-state index in [4.69, 9.17) is 0 Å². The SMILES string of the molecule is CBc1cc(C)cc(C)c1C. The highest BCUT2D eigenvalue weighted by Gasteiger charge is 1.99. The van der Waals surface area contributed by atoms with Crippen LogP contribution in [0.5, 0.6) is 0 Å². The molecule has 0 saturated carbocycles. The summed E-state index contributed by atoms with van der Waals surface area (Å²) in [6.07, 6.45) is 0. The molecule has 58 valence electrons. The summed E-state index contributed by atoms with van der Waals surface area (Å²) in [6, 6.07) is 4.52. The number of aryl methyl sites for hydroxylation is 2. The van der Waals surface area contributed by atoms with Gasteiger partial charge in [0.15, 0.2) is 7.28 Å². The van der Waals surface area contributed by atoms with Gasteiger partial charge in [-0.15, -0.1) is 0 Å². The smallest absolute Gasteiger partial charge is 0.0849 e. The summed E-state index contributed by atoms with van der Waals surface area (Å²) < 4.78 is 0. The van der Waals surface area contributed by atoms with Gasteiger partial charge < -0.3 is 0 Å². The fourth-order valence-electron chi connectivity index (χ4n) is 1.49. The van der Waals surface area contributed by atoms with E-state index in [9.17, 15) is 0 Å². The van der Waals surface area contributed by atoms with Gasteiger partial charge in [0.05, 0.1) is 0 Å².